The Bertz CT molecular complexity index is 865. The summed E-state index contributed by atoms with van der Waals surface area (Å²) >= 11 is 0. The predicted octanol–water partition coefficient (Wildman–Crippen LogP) is 8.36. The number of hydrogen-bond donors (Lipinski definition) is 4. The number of unbranched alkanes of at least 4 members (excludes halogenated alkanes) is 15. The first-order valence-corrected chi connectivity index (χ1v) is 19.0. The molecule has 0 radical (unpaired) electrons. The van der Waals surface area contributed by atoms with Crippen LogP contribution in [0.5, 0.6) is 0 Å². The average Bonchev–Trinajstić information content (AvgIpc) is 3.07. The summed E-state index contributed by atoms with van der Waals surface area (Å²) in [7, 11) is 0. The maximum absolute atomic E-state index is 12.2. The second kappa shape index (κ2) is 34.6. The van der Waals surface area contributed by atoms with E-state index in [2.05, 4.69) is 13.8 Å². The van der Waals surface area contributed by atoms with Gasteiger partial charge >= 0.3 is 11.9 Å². The lowest BCUT2D eigenvalue weighted by molar-refractivity contribution is -0.161. The van der Waals surface area contributed by atoms with E-state index in [4.69, 9.17) is 9.47 Å². The Morgan fingerprint density at radius 3 is 1.60 bits per heavy atom. The molecule has 0 saturated carbocycles. The molecule has 0 fully saturated rings. The van der Waals surface area contributed by atoms with E-state index < -0.39 is 37.0 Å². The molecular formula is C40H70O8. The van der Waals surface area contributed by atoms with Gasteiger partial charge in [0.05, 0.1) is 24.9 Å². The zero-order valence-electron chi connectivity index (χ0n) is 30.3. The van der Waals surface area contributed by atoms with Crippen molar-refractivity contribution in [1.29, 1.82) is 0 Å². The summed E-state index contributed by atoms with van der Waals surface area (Å²) < 4.78 is 10.4. The molecule has 0 rings (SSSR count). The molecule has 0 aromatic carbocycles. The van der Waals surface area contributed by atoms with Gasteiger partial charge in [-0.1, -0.05) is 165 Å². The van der Waals surface area contributed by atoms with E-state index in [-0.39, 0.29) is 31.8 Å². The van der Waals surface area contributed by atoms with Crippen LogP contribution in [0.15, 0.2) is 48.6 Å². The van der Waals surface area contributed by atoms with Crippen molar-refractivity contribution in [2.24, 2.45) is 0 Å². The molecule has 0 aliphatic heterocycles. The average molecular weight is 679 g/mol. The number of aliphatic hydroxyl groups excluding tert-OH is 4. The Morgan fingerprint density at radius 2 is 1.04 bits per heavy atom. The van der Waals surface area contributed by atoms with E-state index in [0.29, 0.717) is 6.42 Å². The third-order valence-electron chi connectivity index (χ3n) is 8.24. The van der Waals surface area contributed by atoms with E-state index in [1.165, 1.54) is 76.7 Å². The van der Waals surface area contributed by atoms with Crippen molar-refractivity contribution in [3.05, 3.63) is 48.6 Å². The molecule has 0 saturated heterocycles. The summed E-state index contributed by atoms with van der Waals surface area (Å²) in [6.45, 7) is 3.74. The number of allylic oxidation sites excluding steroid dienone is 6. The van der Waals surface area contributed by atoms with E-state index in [1.54, 1.807) is 36.5 Å². The first kappa shape index (κ1) is 45.7. The van der Waals surface area contributed by atoms with Crippen LogP contribution in [0.1, 0.15) is 155 Å². The van der Waals surface area contributed by atoms with E-state index in [1.807, 2.05) is 6.08 Å². The lowest BCUT2D eigenvalue weighted by Gasteiger charge is -2.17. The van der Waals surface area contributed by atoms with Gasteiger partial charge < -0.3 is 29.9 Å². The monoisotopic (exact) mass is 679 g/mol. The number of esters is 2. The van der Waals surface area contributed by atoms with Crippen molar-refractivity contribution in [3.8, 4) is 0 Å². The van der Waals surface area contributed by atoms with Gasteiger partial charge in [0.2, 0.25) is 0 Å². The molecule has 4 N–H and O–H groups in total. The normalized spacial score (nSPS) is 14.7. The molecule has 0 aliphatic carbocycles. The first-order chi connectivity index (χ1) is 23.3. The second-order valence-corrected chi connectivity index (χ2v) is 12.9. The van der Waals surface area contributed by atoms with Gasteiger partial charge in [-0.2, -0.15) is 0 Å². The molecular weight excluding hydrogens is 608 g/mol. The maximum Gasteiger partial charge on any atom is 0.306 e. The summed E-state index contributed by atoms with van der Waals surface area (Å²) in [5.41, 5.74) is 0. The molecule has 0 bridgehead atoms. The Balaban J connectivity index is 3.93. The fourth-order valence-corrected chi connectivity index (χ4v) is 5.17. The number of hydrogen-bond acceptors (Lipinski definition) is 8. The minimum atomic E-state index is -1.09. The quantitative estimate of drug-likeness (QED) is 0.0309. The Morgan fingerprint density at radius 1 is 0.562 bits per heavy atom. The van der Waals surface area contributed by atoms with Gasteiger partial charge in [0.15, 0.2) is 6.10 Å². The topological polar surface area (TPSA) is 134 Å². The Kier molecular flexibility index (Phi) is 33.0. The van der Waals surface area contributed by atoms with Crippen LogP contribution < -0.4 is 0 Å². The van der Waals surface area contributed by atoms with Crippen LogP contribution >= 0.6 is 0 Å². The van der Waals surface area contributed by atoms with Gasteiger partial charge in [0.25, 0.3) is 0 Å². The summed E-state index contributed by atoms with van der Waals surface area (Å²) in [5, 5.41) is 39.7. The van der Waals surface area contributed by atoms with Gasteiger partial charge in [-0.3, -0.25) is 9.59 Å². The molecule has 278 valence electrons. The van der Waals surface area contributed by atoms with Crippen molar-refractivity contribution in [2.75, 3.05) is 13.2 Å². The zero-order chi connectivity index (χ0) is 35.5. The molecule has 0 spiro atoms. The molecule has 4 atom stereocenters. The lowest BCUT2D eigenvalue weighted by Crippen LogP contribution is -2.29. The van der Waals surface area contributed by atoms with Crippen molar-refractivity contribution < 1.29 is 39.5 Å². The van der Waals surface area contributed by atoms with Crippen LogP contribution in [0.3, 0.4) is 0 Å². The SMILES string of the molecule is CCCCCCCCCCCCCCCCC(=O)OC[C@H](CO)OC(=O)CCC[C@H](O)[C@@H](O)/C=C/C=C/C=C\C=C\[C@@H](O)CCCCC. The highest BCUT2D eigenvalue weighted by Crippen LogP contribution is 2.14. The van der Waals surface area contributed by atoms with E-state index >= 15 is 0 Å². The molecule has 0 aromatic rings. The second-order valence-electron chi connectivity index (χ2n) is 12.9. The third-order valence-corrected chi connectivity index (χ3v) is 8.24. The van der Waals surface area contributed by atoms with Crippen molar-refractivity contribution in [3.63, 3.8) is 0 Å². The van der Waals surface area contributed by atoms with Gasteiger partial charge in [0, 0.05) is 12.8 Å². The minimum Gasteiger partial charge on any atom is -0.462 e. The van der Waals surface area contributed by atoms with Gasteiger partial charge in [-0.25, -0.2) is 0 Å². The molecule has 0 amide bonds. The van der Waals surface area contributed by atoms with Crippen molar-refractivity contribution in [1.82, 2.24) is 0 Å². The molecule has 48 heavy (non-hydrogen) atoms. The largest absolute Gasteiger partial charge is 0.462 e. The van der Waals surface area contributed by atoms with Crippen LogP contribution in [0.4, 0.5) is 0 Å². The van der Waals surface area contributed by atoms with Crippen LogP contribution in [-0.4, -0.2) is 70.0 Å². The van der Waals surface area contributed by atoms with E-state index in [9.17, 15) is 30.0 Å². The molecule has 0 unspecified atom stereocenters. The van der Waals surface area contributed by atoms with Gasteiger partial charge in [0.1, 0.15) is 6.61 Å². The number of aliphatic hydroxyl groups is 4. The third kappa shape index (κ3) is 31.0. The minimum absolute atomic E-state index is 0.00248. The summed E-state index contributed by atoms with van der Waals surface area (Å²) in [4.78, 5) is 24.2. The van der Waals surface area contributed by atoms with Gasteiger partial charge in [-0.05, 0) is 25.7 Å². The maximum atomic E-state index is 12.2. The van der Waals surface area contributed by atoms with Crippen LogP contribution in [-0.2, 0) is 19.1 Å². The first-order valence-electron chi connectivity index (χ1n) is 19.0. The fourth-order valence-electron chi connectivity index (χ4n) is 5.17. The van der Waals surface area contributed by atoms with Crippen LogP contribution in [0.25, 0.3) is 0 Å². The highest BCUT2D eigenvalue weighted by Gasteiger charge is 2.18. The number of carbonyl (C=O) groups is 2. The molecule has 0 aliphatic rings. The number of carbonyl (C=O) groups excluding carboxylic acids is 2. The number of rotatable bonds is 33. The highest BCUT2D eigenvalue weighted by atomic mass is 16.6. The smallest absolute Gasteiger partial charge is 0.306 e. The lowest BCUT2D eigenvalue weighted by atomic mass is 10.0. The fraction of sp³-hybridized carbons (Fsp3) is 0.750. The molecule has 0 aromatic heterocycles. The highest BCUT2D eigenvalue weighted by molar-refractivity contribution is 5.70. The standard InChI is InChI=1S/C40H70O8/c1-3-5-7-8-9-10-11-12-13-14-15-16-21-25-31-39(45)47-34-36(33-41)48-40(46)32-26-30-38(44)37(43)29-24-20-18-17-19-23-28-35(42)27-22-6-4-2/h17-20,23-24,28-29,35-38,41-44H,3-16,21-22,25-27,30-34H2,1-2H3/b19-17-,20-18+,28-23+,29-24+/t35-,36-,37-,38-/m0/s1. The van der Waals surface area contributed by atoms with Crippen molar-refractivity contribution in [2.45, 2.75) is 180 Å². The molecule has 8 heteroatoms. The van der Waals surface area contributed by atoms with Crippen LogP contribution in [0.2, 0.25) is 0 Å². The Hall–Kier alpha value is -2.26. The van der Waals surface area contributed by atoms with Gasteiger partial charge in [-0.15, -0.1) is 0 Å². The number of ether oxygens (including phenoxy) is 2. The summed E-state index contributed by atoms with van der Waals surface area (Å²) in [5.74, 6) is -0.920. The Labute approximate surface area is 292 Å². The van der Waals surface area contributed by atoms with Crippen LogP contribution in [0, 0.1) is 0 Å². The molecule has 0 heterocycles. The summed E-state index contributed by atoms with van der Waals surface area (Å²) in [6.07, 6.45) is 32.5. The summed E-state index contributed by atoms with van der Waals surface area (Å²) in [6, 6.07) is 0. The van der Waals surface area contributed by atoms with E-state index in [0.717, 1.165) is 44.9 Å². The van der Waals surface area contributed by atoms with Crippen molar-refractivity contribution >= 4 is 11.9 Å². The molecule has 8 nitrogen and oxygen atoms in total. The zero-order valence-corrected chi connectivity index (χ0v) is 30.3. The predicted molar refractivity (Wildman–Crippen MR) is 195 cm³/mol.